The molecule has 0 fully saturated rings. The highest BCUT2D eigenvalue weighted by atomic mass is 35.5. The molecule has 1 nitrogen and oxygen atoms in total. The molecule has 1 unspecified atom stereocenters. The summed E-state index contributed by atoms with van der Waals surface area (Å²) in [6.07, 6.45) is 6.00. The average Bonchev–Trinajstić information content (AvgIpc) is 2.90. The van der Waals surface area contributed by atoms with Crippen LogP contribution in [0.5, 0.6) is 0 Å². The van der Waals surface area contributed by atoms with Crippen molar-refractivity contribution in [3.8, 4) is 0 Å². The summed E-state index contributed by atoms with van der Waals surface area (Å²) < 4.78 is 2.37. The van der Waals surface area contributed by atoms with Crippen molar-refractivity contribution in [1.29, 1.82) is 0 Å². The van der Waals surface area contributed by atoms with Gasteiger partial charge in [-0.2, -0.15) is 0 Å². The van der Waals surface area contributed by atoms with Crippen molar-refractivity contribution in [3.05, 3.63) is 70.9 Å². The lowest BCUT2D eigenvalue weighted by atomic mass is 9.83. The van der Waals surface area contributed by atoms with Crippen LogP contribution in [0.2, 0.25) is 5.02 Å². The third kappa shape index (κ3) is 2.36. The van der Waals surface area contributed by atoms with E-state index in [-0.39, 0.29) is 0 Å². The number of aromatic nitrogens is 1. The molecular formula is C19H18ClN. The standard InChI is InChI=1S/C19H18ClN/c20-17-8-9-19-15(12-17)10-11-21(19)13-16-6-3-5-14-4-1-2-7-18(14)16/h1-2,4,7-12,16H,3,5-6,13H2. The van der Waals surface area contributed by atoms with Gasteiger partial charge in [0.25, 0.3) is 0 Å². The molecular weight excluding hydrogens is 278 g/mol. The minimum Gasteiger partial charge on any atom is -0.347 e. The van der Waals surface area contributed by atoms with E-state index in [4.69, 9.17) is 11.6 Å². The Morgan fingerprint density at radius 3 is 2.95 bits per heavy atom. The summed E-state index contributed by atoms with van der Waals surface area (Å²) in [5.74, 6) is 0.626. The molecule has 3 aromatic rings. The normalized spacial score (nSPS) is 17.9. The first kappa shape index (κ1) is 13.0. The highest BCUT2D eigenvalue weighted by molar-refractivity contribution is 6.31. The van der Waals surface area contributed by atoms with Gasteiger partial charge in [0.2, 0.25) is 0 Å². The van der Waals surface area contributed by atoms with Crippen LogP contribution in [-0.4, -0.2) is 4.57 Å². The molecule has 0 radical (unpaired) electrons. The van der Waals surface area contributed by atoms with Crippen molar-refractivity contribution in [2.24, 2.45) is 0 Å². The summed E-state index contributed by atoms with van der Waals surface area (Å²) in [4.78, 5) is 0. The Hall–Kier alpha value is -1.73. The van der Waals surface area contributed by atoms with Crippen molar-refractivity contribution < 1.29 is 0 Å². The van der Waals surface area contributed by atoms with Crippen LogP contribution in [0.25, 0.3) is 10.9 Å². The van der Waals surface area contributed by atoms with Crippen molar-refractivity contribution in [2.45, 2.75) is 31.7 Å². The Kier molecular flexibility index (Phi) is 3.23. The van der Waals surface area contributed by atoms with E-state index < -0.39 is 0 Å². The fourth-order valence-electron chi connectivity index (χ4n) is 3.61. The second-order valence-electron chi connectivity index (χ2n) is 5.96. The molecule has 1 aliphatic carbocycles. The average molecular weight is 296 g/mol. The molecule has 0 saturated heterocycles. The van der Waals surface area contributed by atoms with E-state index in [9.17, 15) is 0 Å². The fraction of sp³-hybridized carbons (Fsp3) is 0.263. The number of rotatable bonds is 2. The molecule has 2 aromatic carbocycles. The number of nitrogens with zero attached hydrogens (tertiary/aromatic N) is 1. The van der Waals surface area contributed by atoms with E-state index in [1.807, 2.05) is 12.1 Å². The summed E-state index contributed by atoms with van der Waals surface area (Å²) >= 11 is 6.08. The van der Waals surface area contributed by atoms with E-state index in [2.05, 4.69) is 47.2 Å². The highest BCUT2D eigenvalue weighted by Crippen LogP contribution is 2.33. The largest absolute Gasteiger partial charge is 0.347 e. The molecule has 4 rings (SSSR count). The van der Waals surface area contributed by atoms with Crippen LogP contribution in [0.3, 0.4) is 0 Å². The Morgan fingerprint density at radius 1 is 1.10 bits per heavy atom. The van der Waals surface area contributed by atoms with Crippen LogP contribution in [-0.2, 0) is 13.0 Å². The number of hydrogen-bond donors (Lipinski definition) is 0. The van der Waals surface area contributed by atoms with Gasteiger partial charge in [-0.15, -0.1) is 0 Å². The van der Waals surface area contributed by atoms with E-state index in [0.29, 0.717) is 5.92 Å². The predicted molar refractivity (Wildman–Crippen MR) is 89.1 cm³/mol. The zero-order chi connectivity index (χ0) is 14.2. The highest BCUT2D eigenvalue weighted by Gasteiger charge is 2.20. The molecule has 2 heteroatoms. The van der Waals surface area contributed by atoms with Gasteiger partial charge in [0.15, 0.2) is 0 Å². The van der Waals surface area contributed by atoms with Crippen molar-refractivity contribution in [1.82, 2.24) is 4.57 Å². The quantitative estimate of drug-likeness (QED) is 0.595. The summed E-state index contributed by atoms with van der Waals surface area (Å²) in [7, 11) is 0. The van der Waals surface area contributed by atoms with E-state index in [1.54, 1.807) is 5.56 Å². The first-order chi connectivity index (χ1) is 10.3. The van der Waals surface area contributed by atoms with Gasteiger partial charge >= 0.3 is 0 Å². The Labute approximate surface area is 130 Å². The molecule has 0 spiro atoms. The smallest absolute Gasteiger partial charge is 0.0481 e. The zero-order valence-corrected chi connectivity index (χ0v) is 12.7. The fourth-order valence-corrected chi connectivity index (χ4v) is 3.79. The second kappa shape index (κ2) is 5.23. The maximum atomic E-state index is 6.08. The summed E-state index contributed by atoms with van der Waals surface area (Å²) in [6, 6.07) is 17.2. The second-order valence-corrected chi connectivity index (χ2v) is 6.40. The number of fused-ring (bicyclic) bond motifs is 2. The maximum Gasteiger partial charge on any atom is 0.0481 e. The molecule has 0 aliphatic heterocycles. The van der Waals surface area contributed by atoms with Crippen molar-refractivity contribution in [2.75, 3.05) is 0 Å². The first-order valence-electron chi connectivity index (χ1n) is 7.63. The van der Waals surface area contributed by atoms with Gasteiger partial charge < -0.3 is 4.57 Å². The molecule has 1 atom stereocenters. The number of halogens is 1. The third-order valence-electron chi connectivity index (χ3n) is 4.64. The van der Waals surface area contributed by atoms with Crippen LogP contribution in [0.4, 0.5) is 0 Å². The molecule has 1 aromatic heterocycles. The minimum atomic E-state index is 0.626. The van der Waals surface area contributed by atoms with E-state index in [1.165, 1.54) is 35.7 Å². The molecule has 0 amide bonds. The molecule has 106 valence electrons. The van der Waals surface area contributed by atoms with Gasteiger partial charge in [-0.1, -0.05) is 35.9 Å². The lowest BCUT2D eigenvalue weighted by Crippen LogP contribution is -2.15. The maximum absolute atomic E-state index is 6.08. The zero-order valence-electron chi connectivity index (χ0n) is 11.9. The van der Waals surface area contributed by atoms with Gasteiger partial charge in [0, 0.05) is 34.6 Å². The van der Waals surface area contributed by atoms with Gasteiger partial charge in [0.05, 0.1) is 0 Å². The Morgan fingerprint density at radius 2 is 2.00 bits per heavy atom. The van der Waals surface area contributed by atoms with E-state index in [0.717, 1.165) is 11.6 Å². The van der Waals surface area contributed by atoms with Gasteiger partial charge in [-0.25, -0.2) is 0 Å². The van der Waals surface area contributed by atoms with Crippen LogP contribution in [0.1, 0.15) is 29.9 Å². The van der Waals surface area contributed by atoms with Crippen LogP contribution < -0.4 is 0 Å². The number of hydrogen-bond acceptors (Lipinski definition) is 0. The van der Waals surface area contributed by atoms with Gasteiger partial charge in [0.1, 0.15) is 0 Å². The molecule has 0 N–H and O–H groups in total. The predicted octanol–water partition coefficient (Wildman–Crippen LogP) is 5.41. The lowest BCUT2D eigenvalue weighted by molar-refractivity contribution is 0.490. The molecule has 1 heterocycles. The third-order valence-corrected chi connectivity index (χ3v) is 4.88. The summed E-state index contributed by atoms with van der Waals surface area (Å²) in [5, 5.41) is 2.04. The lowest BCUT2D eigenvalue weighted by Gasteiger charge is -2.26. The van der Waals surface area contributed by atoms with E-state index >= 15 is 0 Å². The summed E-state index contributed by atoms with van der Waals surface area (Å²) in [6.45, 7) is 1.06. The Balaban J connectivity index is 1.70. The first-order valence-corrected chi connectivity index (χ1v) is 8.01. The monoisotopic (exact) mass is 295 g/mol. The Bertz CT molecular complexity index is 787. The molecule has 1 aliphatic rings. The van der Waals surface area contributed by atoms with Crippen LogP contribution in [0, 0.1) is 0 Å². The summed E-state index contributed by atoms with van der Waals surface area (Å²) in [5.41, 5.74) is 4.36. The SMILES string of the molecule is Clc1ccc2c(ccn2CC2CCCc3ccccc32)c1. The number of benzene rings is 2. The molecule has 0 saturated carbocycles. The number of aryl methyl sites for hydroxylation is 1. The minimum absolute atomic E-state index is 0.626. The van der Waals surface area contributed by atoms with Crippen LogP contribution in [0.15, 0.2) is 54.7 Å². The van der Waals surface area contributed by atoms with Gasteiger partial charge in [-0.05, 0) is 54.7 Å². The molecule has 0 bridgehead atoms. The molecule has 21 heavy (non-hydrogen) atoms. The van der Waals surface area contributed by atoms with Crippen molar-refractivity contribution in [3.63, 3.8) is 0 Å². The van der Waals surface area contributed by atoms with Gasteiger partial charge in [-0.3, -0.25) is 0 Å². The topological polar surface area (TPSA) is 4.93 Å². The van der Waals surface area contributed by atoms with Crippen molar-refractivity contribution >= 4 is 22.5 Å². The van der Waals surface area contributed by atoms with Crippen LogP contribution >= 0.6 is 11.6 Å².